The van der Waals surface area contributed by atoms with Gasteiger partial charge in [-0.2, -0.15) is 4.98 Å². The fraction of sp³-hybridized carbons (Fsp3) is 0.192. The molecule has 2 aromatic carbocycles. The first-order valence-corrected chi connectivity index (χ1v) is 11.5. The number of carbonyl (C=O) groups is 2. The number of amides is 1. The number of pyridine rings is 1. The maximum Gasteiger partial charge on any atom is 0.306 e. The highest BCUT2D eigenvalue weighted by atomic mass is 19.1. The van der Waals surface area contributed by atoms with Gasteiger partial charge >= 0.3 is 5.97 Å². The van der Waals surface area contributed by atoms with Crippen molar-refractivity contribution in [2.24, 2.45) is 11.7 Å². The number of benzene rings is 2. The third-order valence-electron chi connectivity index (χ3n) is 5.70. The lowest BCUT2D eigenvalue weighted by molar-refractivity contribution is -0.138. The molecule has 2 heterocycles. The van der Waals surface area contributed by atoms with E-state index in [-0.39, 0.29) is 35.1 Å². The van der Waals surface area contributed by atoms with Crippen molar-refractivity contribution in [3.63, 3.8) is 0 Å². The number of para-hydroxylation sites is 1. The molecule has 0 aliphatic heterocycles. The van der Waals surface area contributed by atoms with Gasteiger partial charge in [0.2, 0.25) is 11.9 Å². The maximum absolute atomic E-state index is 14.6. The first kappa shape index (κ1) is 26.3. The predicted octanol–water partition coefficient (Wildman–Crippen LogP) is 3.55. The second-order valence-electron chi connectivity index (χ2n) is 8.60. The molecule has 12 heteroatoms. The van der Waals surface area contributed by atoms with Gasteiger partial charge in [-0.05, 0) is 61.7 Å². The number of hydrogen-bond acceptors (Lipinski definition) is 6. The van der Waals surface area contributed by atoms with E-state index >= 15 is 0 Å². The molecule has 4 N–H and O–H groups in total. The normalized spacial score (nSPS) is 12.5. The van der Waals surface area contributed by atoms with E-state index in [1.165, 1.54) is 30.3 Å². The van der Waals surface area contributed by atoms with E-state index in [1.807, 2.05) is 0 Å². The summed E-state index contributed by atoms with van der Waals surface area (Å²) in [5.41, 5.74) is 5.02. The van der Waals surface area contributed by atoms with E-state index in [0.29, 0.717) is 11.1 Å². The second-order valence-corrected chi connectivity index (χ2v) is 8.60. The van der Waals surface area contributed by atoms with Crippen molar-refractivity contribution in [1.29, 1.82) is 0 Å². The molecule has 0 bridgehead atoms. The Morgan fingerprint density at radius 1 is 1.08 bits per heavy atom. The fourth-order valence-electron chi connectivity index (χ4n) is 3.71. The zero-order chi connectivity index (χ0) is 27.6. The lowest BCUT2D eigenvalue weighted by Gasteiger charge is -2.16. The molecule has 0 spiro atoms. The number of halogens is 3. The van der Waals surface area contributed by atoms with Crippen molar-refractivity contribution in [1.82, 2.24) is 14.5 Å². The predicted molar refractivity (Wildman–Crippen MR) is 133 cm³/mol. The third kappa shape index (κ3) is 5.64. The number of rotatable bonds is 6. The first-order chi connectivity index (χ1) is 18.1. The van der Waals surface area contributed by atoms with Crippen LogP contribution in [0.1, 0.15) is 18.4 Å². The number of hydrogen-bond donors (Lipinski definition) is 3. The second kappa shape index (κ2) is 10.7. The lowest BCUT2D eigenvalue weighted by Crippen LogP contribution is -2.24. The van der Waals surface area contributed by atoms with Crippen LogP contribution in [-0.4, -0.2) is 38.1 Å². The number of carboxylic acids is 1. The molecule has 38 heavy (non-hydrogen) atoms. The molecule has 1 aliphatic rings. The minimum absolute atomic E-state index is 0.0185. The van der Waals surface area contributed by atoms with Crippen LogP contribution >= 0.6 is 0 Å². The zero-order valence-corrected chi connectivity index (χ0v) is 20.0. The van der Waals surface area contributed by atoms with Crippen molar-refractivity contribution in [3.05, 3.63) is 81.9 Å². The number of fused-ring (bicyclic) bond motifs is 1. The number of nitrogens with one attached hydrogen (secondary N) is 1. The van der Waals surface area contributed by atoms with Crippen LogP contribution in [0.3, 0.4) is 0 Å². The molecule has 1 saturated carbocycles. The molecule has 0 unspecified atom stereocenters. The van der Waals surface area contributed by atoms with Gasteiger partial charge in [-0.15, -0.1) is 0 Å². The lowest BCUT2D eigenvalue weighted by atomic mass is 10.0. The topological polar surface area (TPSA) is 140 Å². The molecule has 5 rings (SSSR count). The Morgan fingerprint density at radius 3 is 2.32 bits per heavy atom. The fourth-order valence-corrected chi connectivity index (χ4v) is 3.71. The summed E-state index contributed by atoms with van der Waals surface area (Å²) < 4.78 is 43.6. The SMILES string of the molecule is Cc1cc(F)ccc1-c1nc(NCC(N)=O)nc2c1ccc(=O)n2-c1c(F)cccc1F.O=C(O)C1CC1. The van der Waals surface area contributed by atoms with Crippen molar-refractivity contribution in [2.45, 2.75) is 19.8 Å². The number of anilines is 1. The summed E-state index contributed by atoms with van der Waals surface area (Å²) in [6.07, 6.45) is 1.80. The summed E-state index contributed by atoms with van der Waals surface area (Å²) in [5.74, 6) is -3.80. The number of aliphatic carboxylic acids is 1. The average molecular weight is 525 g/mol. The van der Waals surface area contributed by atoms with Gasteiger partial charge in [-0.25, -0.2) is 18.2 Å². The van der Waals surface area contributed by atoms with Gasteiger partial charge in [0.15, 0.2) is 5.65 Å². The summed E-state index contributed by atoms with van der Waals surface area (Å²) in [4.78, 5) is 42.3. The largest absolute Gasteiger partial charge is 0.481 e. The van der Waals surface area contributed by atoms with Crippen LogP contribution in [0.25, 0.3) is 28.0 Å². The molecule has 1 fully saturated rings. The van der Waals surface area contributed by atoms with Crippen LogP contribution in [0.2, 0.25) is 0 Å². The minimum atomic E-state index is -0.968. The minimum Gasteiger partial charge on any atom is -0.481 e. The van der Waals surface area contributed by atoms with Crippen molar-refractivity contribution in [2.75, 3.05) is 11.9 Å². The smallest absolute Gasteiger partial charge is 0.306 e. The van der Waals surface area contributed by atoms with Crippen LogP contribution < -0.4 is 16.6 Å². The van der Waals surface area contributed by atoms with E-state index in [0.717, 1.165) is 35.6 Å². The van der Waals surface area contributed by atoms with Gasteiger partial charge in [0, 0.05) is 17.0 Å². The highest BCUT2D eigenvalue weighted by Crippen LogP contribution is 2.31. The number of carbonyl (C=O) groups excluding carboxylic acids is 1. The molecule has 0 saturated heterocycles. The Morgan fingerprint density at radius 2 is 1.76 bits per heavy atom. The number of nitrogens with two attached hydrogens (primary N) is 1. The number of nitrogens with zero attached hydrogens (tertiary/aromatic N) is 3. The Balaban J connectivity index is 0.000000494. The van der Waals surface area contributed by atoms with Crippen molar-refractivity contribution in [3.8, 4) is 16.9 Å². The van der Waals surface area contributed by atoms with E-state index in [4.69, 9.17) is 10.8 Å². The standard InChI is InChI=1S/C22H16F3N5O2.C4H6O2/c1-11-9-12(23)5-6-13(11)19-14-7-8-18(32)30(20-15(24)3-2-4-16(20)25)21(14)29-22(28-19)27-10-17(26)31;5-4(6)3-1-2-3/h2-9H,10H2,1H3,(H2,26,31)(H,27,28,29);3H,1-2H2,(H,5,6). The van der Waals surface area contributed by atoms with Gasteiger partial charge in [-0.1, -0.05) is 6.07 Å². The van der Waals surface area contributed by atoms with Crippen LogP contribution in [0.4, 0.5) is 19.1 Å². The zero-order valence-electron chi connectivity index (χ0n) is 20.0. The van der Waals surface area contributed by atoms with Gasteiger partial charge in [0.05, 0.1) is 18.2 Å². The molecule has 9 nitrogen and oxygen atoms in total. The quantitative estimate of drug-likeness (QED) is 0.350. The number of aryl methyl sites for hydroxylation is 1. The molecule has 4 aromatic rings. The van der Waals surface area contributed by atoms with Crippen molar-refractivity contribution < 1.29 is 27.9 Å². The van der Waals surface area contributed by atoms with Crippen LogP contribution in [0.5, 0.6) is 0 Å². The summed E-state index contributed by atoms with van der Waals surface area (Å²) in [6.45, 7) is 1.34. The Labute approximate surface area is 213 Å². The molecular formula is C26H22F3N5O4. The Hall–Kier alpha value is -4.74. The molecule has 0 atom stereocenters. The molecular weight excluding hydrogens is 503 g/mol. The Kier molecular flexibility index (Phi) is 7.42. The summed E-state index contributed by atoms with van der Waals surface area (Å²) in [7, 11) is 0. The molecule has 196 valence electrons. The molecule has 1 aliphatic carbocycles. The average Bonchev–Trinajstić information content (AvgIpc) is 3.70. The highest BCUT2D eigenvalue weighted by Gasteiger charge is 2.28. The molecule has 2 aromatic heterocycles. The maximum atomic E-state index is 14.6. The number of carboxylic acid groups (broad SMARTS) is 1. The van der Waals surface area contributed by atoms with Gasteiger partial charge in [0.1, 0.15) is 23.1 Å². The van der Waals surface area contributed by atoms with Gasteiger partial charge in [-0.3, -0.25) is 19.0 Å². The van der Waals surface area contributed by atoms with Crippen LogP contribution in [0, 0.1) is 30.3 Å². The third-order valence-corrected chi connectivity index (χ3v) is 5.70. The first-order valence-electron chi connectivity index (χ1n) is 11.5. The van der Waals surface area contributed by atoms with Gasteiger partial charge in [0.25, 0.3) is 5.56 Å². The Bertz CT molecular complexity index is 1600. The van der Waals surface area contributed by atoms with Crippen LogP contribution in [-0.2, 0) is 9.59 Å². The number of primary amides is 1. The van der Waals surface area contributed by atoms with E-state index in [1.54, 1.807) is 6.92 Å². The van der Waals surface area contributed by atoms with Crippen LogP contribution in [0.15, 0.2) is 53.3 Å². The molecule has 0 radical (unpaired) electrons. The van der Waals surface area contributed by atoms with E-state index < -0.39 is 40.6 Å². The summed E-state index contributed by atoms with van der Waals surface area (Å²) >= 11 is 0. The van der Waals surface area contributed by atoms with Gasteiger partial charge < -0.3 is 16.2 Å². The number of aromatic nitrogens is 3. The van der Waals surface area contributed by atoms with E-state index in [9.17, 15) is 27.6 Å². The highest BCUT2D eigenvalue weighted by molar-refractivity contribution is 5.93. The monoisotopic (exact) mass is 525 g/mol. The van der Waals surface area contributed by atoms with E-state index in [2.05, 4.69) is 15.3 Å². The molecule has 1 amide bonds. The summed E-state index contributed by atoms with van der Waals surface area (Å²) in [6, 6.07) is 9.78. The van der Waals surface area contributed by atoms with Crippen molar-refractivity contribution >= 4 is 28.9 Å². The summed E-state index contributed by atoms with van der Waals surface area (Å²) in [5, 5.41) is 11.0.